The molecular weight excluding hydrogens is 348 g/mol. The summed E-state index contributed by atoms with van der Waals surface area (Å²) in [4.78, 5) is 29.0. The molecular formula is C18H24N6O3. The molecule has 1 atom stereocenters. The molecule has 144 valence electrons. The van der Waals surface area contributed by atoms with E-state index in [0.717, 1.165) is 24.9 Å². The van der Waals surface area contributed by atoms with Crippen LogP contribution in [-0.2, 0) is 16.1 Å². The molecule has 1 saturated heterocycles. The van der Waals surface area contributed by atoms with E-state index in [9.17, 15) is 9.59 Å². The number of ether oxygens (including phenoxy) is 1. The number of carbonyl (C=O) groups is 2. The number of nitrogens with zero attached hydrogens (tertiary/aromatic N) is 6. The van der Waals surface area contributed by atoms with Crippen LogP contribution in [0.5, 0.6) is 5.75 Å². The first-order valence-electron chi connectivity index (χ1n) is 9.07. The number of para-hydroxylation sites is 2. The van der Waals surface area contributed by atoms with Crippen molar-refractivity contribution in [1.29, 1.82) is 0 Å². The lowest BCUT2D eigenvalue weighted by Crippen LogP contribution is -2.58. The Kier molecular flexibility index (Phi) is 6.00. The lowest BCUT2D eigenvalue weighted by Gasteiger charge is -2.41. The molecule has 0 radical (unpaired) electrons. The quantitative estimate of drug-likeness (QED) is 0.723. The van der Waals surface area contributed by atoms with Crippen molar-refractivity contribution in [2.24, 2.45) is 0 Å². The fourth-order valence-electron chi connectivity index (χ4n) is 3.32. The number of anilines is 1. The fraction of sp³-hybridized carbons (Fsp3) is 0.500. The van der Waals surface area contributed by atoms with Gasteiger partial charge in [0.25, 0.3) is 0 Å². The van der Waals surface area contributed by atoms with Gasteiger partial charge in [-0.3, -0.25) is 9.59 Å². The van der Waals surface area contributed by atoms with Crippen LogP contribution in [0.15, 0.2) is 30.6 Å². The smallest absolute Gasteiger partial charge is 0.246 e. The van der Waals surface area contributed by atoms with Gasteiger partial charge >= 0.3 is 0 Å². The molecule has 0 bridgehead atoms. The van der Waals surface area contributed by atoms with Gasteiger partial charge in [0.2, 0.25) is 11.8 Å². The number of methoxy groups -OCH3 is 1. The zero-order valence-electron chi connectivity index (χ0n) is 15.6. The summed E-state index contributed by atoms with van der Waals surface area (Å²) in [6, 6.07) is 7.39. The highest BCUT2D eigenvalue weighted by Crippen LogP contribution is 2.31. The topological polar surface area (TPSA) is 93.5 Å². The predicted molar refractivity (Wildman–Crippen MR) is 98.2 cm³/mol. The van der Waals surface area contributed by atoms with Crippen LogP contribution in [0.25, 0.3) is 0 Å². The molecule has 0 spiro atoms. The van der Waals surface area contributed by atoms with E-state index in [1.54, 1.807) is 16.9 Å². The molecule has 0 aliphatic carbocycles. The van der Waals surface area contributed by atoms with Crippen LogP contribution in [0.2, 0.25) is 0 Å². The lowest BCUT2D eigenvalue weighted by atomic mass is 10.0. The van der Waals surface area contributed by atoms with Crippen LogP contribution in [0.4, 0.5) is 5.69 Å². The Morgan fingerprint density at radius 2 is 2.15 bits per heavy atom. The number of hydrogen-bond donors (Lipinski definition) is 0. The number of unbranched alkanes of at least 4 members (excludes halogenated alkanes) is 1. The van der Waals surface area contributed by atoms with Gasteiger partial charge in [0.1, 0.15) is 25.2 Å². The number of carbonyl (C=O) groups excluding carboxylic acids is 2. The van der Waals surface area contributed by atoms with E-state index in [1.807, 2.05) is 24.3 Å². The zero-order valence-corrected chi connectivity index (χ0v) is 15.6. The number of piperazine rings is 1. The third-order valence-corrected chi connectivity index (χ3v) is 4.72. The Labute approximate surface area is 157 Å². The number of aromatic nitrogens is 4. The Balaban J connectivity index is 1.81. The first-order chi connectivity index (χ1) is 13.1. The van der Waals surface area contributed by atoms with Crippen LogP contribution in [0, 0.1) is 0 Å². The van der Waals surface area contributed by atoms with Gasteiger partial charge in [-0.25, -0.2) is 4.68 Å². The highest BCUT2D eigenvalue weighted by Gasteiger charge is 2.36. The number of tetrazole rings is 1. The van der Waals surface area contributed by atoms with E-state index >= 15 is 0 Å². The summed E-state index contributed by atoms with van der Waals surface area (Å²) in [6.07, 6.45) is 4.23. The Hall–Kier alpha value is -2.97. The number of hydrogen-bond acceptors (Lipinski definition) is 6. The molecule has 1 aromatic heterocycles. The second-order valence-corrected chi connectivity index (χ2v) is 6.50. The molecule has 9 heteroatoms. The average Bonchev–Trinajstić information content (AvgIpc) is 3.19. The maximum atomic E-state index is 12.8. The van der Waals surface area contributed by atoms with Crippen LogP contribution < -0.4 is 9.64 Å². The van der Waals surface area contributed by atoms with Crippen molar-refractivity contribution in [2.45, 2.75) is 38.8 Å². The van der Waals surface area contributed by atoms with E-state index in [1.165, 1.54) is 11.0 Å². The third-order valence-electron chi connectivity index (χ3n) is 4.72. The van der Waals surface area contributed by atoms with Gasteiger partial charge in [-0.1, -0.05) is 31.9 Å². The largest absolute Gasteiger partial charge is 0.495 e. The minimum Gasteiger partial charge on any atom is -0.495 e. The monoisotopic (exact) mass is 372 g/mol. The molecule has 1 aromatic carbocycles. The maximum Gasteiger partial charge on any atom is 0.246 e. The van der Waals surface area contributed by atoms with Crippen molar-refractivity contribution in [1.82, 2.24) is 25.1 Å². The minimum absolute atomic E-state index is 0.0254. The highest BCUT2D eigenvalue weighted by molar-refractivity contribution is 5.99. The fourth-order valence-corrected chi connectivity index (χ4v) is 3.32. The molecule has 1 aliphatic rings. The van der Waals surface area contributed by atoms with Crippen molar-refractivity contribution in [2.75, 3.05) is 25.1 Å². The van der Waals surface area contributed by atoms with Gasteiger partial charge in [0.05, 0.1) is 18.8 Å². The van der Waals surface area contributed by atoms with Crippen molar-refractivity contribution in [3.8, 4) is 5.75 Å². The molecule has 0 saturated carbocycles. The van der Waals surface area contributed by atoms with Gasteiger partial charge in [-0.2, -0.15) is 0 Å². The molecule has 2 amide bonds. The second-order valence-electron chi connectivity index (χ2n) is 6.50. The van der Waals surface area contributed by atoms with E-state index in [0.29, 0.717) is 12.3 Å². The Morgan fingerprint density at radius 3 is 2.85 bits per heavy atom. The van der Waals surface area contributed by atoms with Crippen LogP contribution in [-0.4, -0.2) is 63.2 Å². The maximum absolute atomic E-state index is 12.8. The van der Waals surface area contributed by atoms with Gasteiger partial charge in [-0.05, 0) is 29.0 Å². The van der Waals surface area contributed by atoms with E-state index in [4.69, 9.17) is 4.74 Å². The zero-order chi connectivity index (χ0) is 19.2. The van der Waals surface area contributed by atoms with Crippen LogP contribution in [0.1, 0.15) is 26.2 Å². The normalized spacial score (nSPS) is 17.3. The summed E-state index contributed by atoms with van der Waals surface area (Å²) < 4.78 is 6.78. The molecule has 0 N–H and O–H groups in total. The molecule has 1 fully saturated rings. The summed E-state index contributed by atoms with van der Waals surface area (Å²) in [7, 11) is 1.59. The SMILES string of the molecule is CCCCC1CN(c2ccccc2OC)C(=O)CN1C(=O)Cn1cnnn1. The summed E-state index contributed by atoms with van der Waals surface area (Å²) in [6.45, 7) is 2.62. The van der Waals surface area contributed by atoms with Crippen molar-refractivity contribution in [3.63, 3.8) is 0 Å². The van der Waals surface area contributed by atoms with Crippen molar-refractivity contribution < 1.29 is 14.3 Å². The minimum atomic E-state index is -0.156. The molecule has 2 aromatic rings. The lowest BCUT2D eigenvalue weighted by molar-refractivity contribution is -0.140. The number of rotatable bonds is 7. The van der Waals surface area contributed by atoms with E-state index in [-0.39, 0.29) is 30.9 Å². The first kappa shape index (κ1) is 18.8. The number of amides is 2. The van der Waals surface area contributed by atoms with Gasteiger partial charge in [-0.15, -0.1) is 5.10 Å². The van der Waals surface area contributed by atoms with Gasteiger partial charge in [0.15, 0.2) is 0 Å². The van der Waals surface area contributed by atoms with Gasteiger partial charge < -0.3 is 14.5 Å². The molecule has 3 rings (SSSR count). The summed E-state index contributed by atoms with van der Waals surface area (Å²) in [5.41, 5.74) is 0.735. The Bertz CT molecular complexity index is 779. The molecule has 27 heavy (non-hydrogen) atoms. The summed E-state index contributed by atoms with van der Waals surface area (Å²) in [5, 5.41) is 10.8. The standard InChI is InChI=1S/C18H24N6O3/c1-3-4-7-14-10-24(15-8-5-6-9-16(15)27-2)18(26)12-23(14)17(25)11-22-13-19-20-21-22/h5-6,8-9,13-14H,3-4,7,10-12H2,1-2H3. The summed E-state index contributed by atoms with van der Waals surface area (Å²) >= 11 is 0. The molecule has 1 aliphatic heterocycles. The molecule has 2 heterocycles. The second kappa shape index (κ2) is 8.61. The van der Waals surface area contributed by atoms with Crippen molar-refractivity contribution in [3.05, 3.63) is 30.6 Å². The third kappa shape index (κ3) is 4.24. The predicted octanol–water partition coefficient (Wildman–Crippen LogP) is 1.12. The summed E-state index contributed by atoms with van der Waals surface area (Å²) in [5.74, 6) is 0.363. The van der Waals surface area contributed by atoms with Crippen molar-refractivity contribution >= 4 is 17.5 Å². The van der Waals surface area contributed by atoms with E-state index < -0.39 is 0 Å². The van der Waals surface area contributed by atoms with Crippen LogP contribution >= 0.6 is 0 Å². The van der Waals surface area contributed by atoms with Crippen LogP contribution in [0.3, 0.4) is 0 Å². The Morgan fingerprint density at radius 1 is 1.33 bits per heavy atom. The molecule has 1 unspecified atom stereocenters. The first-order valence-corrected chi connectivity index (χ1v) is 9.07. The molecule has 9 nitrogen and oxygen atoms in total. The highest BCUT2D eigenvalue weighted by atomic mass is 16.5. The van der Waals surface area contributed by atoms with E-state index in [2.05, 4.69) is 22.4 Å². The average molecular weight is 372 g/mol. The number of benzene rings is 1. The van der Waals surface area contributed by atoms with Gasteiger partial charge in [0, 0.05) is 6.54 Å².